The third kappa shape index (κ3) is 3.96. The molecule has 0 aromatic rings. The fourth-order valence-corrected chi connectivity index (χ4v) is 1.04. The highest BCUT2D eigenvalue weighted by Crippen LogP contribution is 2.12. The molecule has 0 atom stereocenters. The number of nitrogens with two attached hydrogens (primary N) is 1. The molecule has 0 heterocycles. The molecule has 4 heteroatoms. The number of carbonyl (C=O) groups is 1. The van der Waals surface area contributed by atoms with Crippen LogP contribution in [0.5, 0.6) is 0 Å². The summed E-state index contributed by atoms with van der Waals surface area (Å²) in [6, 6.07) is 0. The normalized spacial score (nSPS) is 14.8. The van der Waals surface area contributed by atoms with Gasteiger partial charge in [0.1, 0.15) is 6.10 Å². The van der Waals surface area contributed by atoms with Crippen LogP contribution >= 0.6 is 0 Å². The van der Waals surface area contributed by atoms with Crippen molar-refractivity contribution in [3.63, 3.8) is 0 Å². The summed E-state index contributed by atoms with van der Waals surface area (Å²) < 4.78 is 5.31. The molecule has 1 rings (SSSR count). The lowest BCUT2D eigenvalue weighted by molar-refractivity contribution is -0.118. The third-order valence-corrected chi connectivity index (χ3v) is 1.77. The molecule has 0 spiro atoms. The van der Waals surface area contributed by atoms with Crippen LogP contribution in [0.25, 0.3) is 0 Å². The van der Waals surface area contributed by atoms with Crippen molar-refractivity contribution in [2.45, 2.75) is 13.0 Å². The van der Waals surface area contributed by atoms with Gasteiger partial charge in [-0.2, -0.15) is 0 Å². The molecule has 0 bridgehead atoms. The van der Waals surface area contributed by atoms with E-state index >= 15 is 0 Å². The molecule has 0 fully saturated rings. The van der Waals surface area contributed by atoms with E-state index in [0.717, 1.165) is 6.21 Å². The molecular formula is C12H16N2O2. The summed E-state index contributed by atoms with van der Waals surface area (Å²) in [5, 5.41) is 7.00. The minimum absolute atomic E-state index is 0.0428. The fraction of sp³-hybridized carbons (Fsp3) is 0.167. The van der Waals surface area contributed by atoms with Crippen LogP contribution in [0.3, 0.4) is 0 Å². The highest BCUT2D eigenvalue weighted by molar-refractivity contribution is 5.96. The summed E-state index contributed by atoms with van der Waals surface area (Å²) >= 11 is 0. The molecule has 16 heavy (non-hydrogen) atoms. The summed E-state index contributed by atoms with van der Waals surface area (Å²) in [5.41, 5.74) is 5.54. The average Bonchev–Trinajstić information content (AvgIpc) is 2.80. The number of carbonyl (C=O) groups excluding carboxylic acids is 1. The van der Waals surface area contributed by atoms with Crippen LogP contribution < -0.4 is 5.73 Å². The first-order chi connectivity index (χ1) is 7.65. The number of allylic oxidation sites excluding steroid dienone is 3. The van der Waals surface area contributed by atoms with Gasteiger partial charge in [-0.3, -0.25) is 4.79 Å². The second-order valence-corrected chi connectivity index (χ2v) is 2.87. The van der Waals surface area contributed by atoms with E-state index in [2.05, 4.69) is 13.2 Å². The van der Waals surface area contributed by atoms with E-state index in [1.165, 1.54) is 0 Å². The van der Waals surface area contributed by atoms with Crippen LogP contribution in [0.2, 0.25) is 0 Å². The van der Waals surface area contributed by atoms with E-state index in [0.29, 0.717) is 5.57 Å². The number of amides is 1. The highest BCUT2D eigenvalue weighted by Gasteiger charge is 2.14. The van der Waals surface area contributed by atoms with Crippen LogP contribution in [0.15, 0.2) is 48.8 Å². The zero-order chi connectivity index (χ0) is 12.6. The Bertz CT molecular complexity index is 342. The van der Waals surface area contributed by atoms with Crippen molar-refractivity contribution >= 4 is 12.1 Å². The number of ether oxygens (including phenoxy) is 1. The number of primary amides is 1. The summed E-state index contributed by atoms with van der Waals surface area (Å²) in [5.74, 6) is -0.610. The van der Waals surface area contributed by atoms with Gasteiger partial charge in [-0.25, -0.2) is 0 Å². The Morgan fingerprint density at radius 3 is 2.31 bits per heavy atom. The van der Waals surface area contributed by atoms with Crippen molar-refractivity contribution in [3.05, 3.63) is 48.8 Å². The van der Waals surface area contributed by atoms with E-state index in [1.807, 2.05) is 12.2 Å². The van der Waals surface area contributed by atoms with Gasteiger partial charge >= 0.3 is 0 Å². The predicted octanol–water partition coefficient (Wildman–Crippen LogP) is 1.71. The first-order valence-corrected chi connectivity index (χ1v) is 4.68. The molecule has 1 aliphatic rings. The molecule has 0 radical (unpaired) electrons. The van der Waals surface area contributed by atoms with E-state index in [4.69, 9.17) is 15.9 Å². The van der Waals surface area contributed by atoms with Crippen LogP contribution in [-0.2, 0) is 9.53 Å². The number of rotatable bonds is 4. The van der Waals surface area contributed by atoms with Gasteiger partial charge in [0.15, 0.2) is 5.76 Å². The van der Waals surface area contributed by atoms with Gasteiger partial charge in [-0.1, -0.05) is 12.2 Å². The number of nitrogens with one attached hydrogen (secondary N) is 1. The van der Waals surface area contributed by atoms with Gasteiger partial charge in [0, 0.05) is 11.8 Å². The van der Waals surface area contributed by atoms with E-state index in [9.17, 15) is 4.79 Å². The molecule has 0 aromatic carbocycles. The summed E-state index contributed by atoms with van der Waals surface area (Å²) in [4.78, 5) is 11.0. The maximum atomic E-state index is 11.0. The molecule has 86 valence electrons. The summed E-state index contributed by atoms with van der Waals surface area (Å²) in [7, 11) is 0. The Kier molecular flexibility index (Phi) is 6.28. The van der Waals surface area contributed by atoms with Crippen LogP contribution in [-0.4, -0.2) is 18.2 Å². The van der Waals surface area contributed by atoms with Crippen LogP contribution in [0, 0.1) is 5.41 Å². The van der Waals surface area contributed by atoms with Crippen molar-refractivity contribution in [2.24, 2.45) is 5.73 Å². The Labute approximate surface area is 95.3 Å². The van der Waals surface area contributed by atoms with Crippen molar-refractivity contribution in [1.82, 2.24) is 0 Å². The van der Waals surface area contributed by atoms with Gasteiger partial charge in [0.05, 0.1) is 0 Å². The lowest BCUT2D eigenvalue weighted by Crippen LogP contribution is -2.21. The highest BCUT2D eigenvalue weighted by atomic mass is 16.5. The van der Waals surface area contributed by atoms with E-state index in [-0.39, 0.29) is 11.9 Å². The van der Waals surface area contributed by atoms with Crippen LogP contribution in [0.4, 0.5) is 0 Å². The van der Waals surface area contributed by atoms with Crippen molar-refractivity contribution < 1.29 is 9.53 Å². The van der Waals surface area contributed by atoms with E-state index in [1.54, 1.807) is 19.1 Å². The Balaban J connectivity index is 0.00000106. The van der Waals surface area contributed by atoms with E-state index < -0.39 is 5.91 Å². The lowest BCUT2D eigenvalue weighted by Gasteiger charge is -2.12. The fourth-order valence-electron chi connectivity index (χ4n) is 1.04. The topological polar surface area (TPSA) is 76.2 Å². The summed E-state index contributed by atoms with van der Waals surface area (Å²) in [6.07, 6.45) is 8.02. The second-order valence-electron chi connectivity index (χ2n) is 2.87. The maximum Gasteiger partial charge on any atom is 0.284 e. The molecule has 0 saturated carbocycles. The Morgan fingerprint density at radius 2 is 1.94 bits per heavy atom. The number of hydrogen-bond acceptors (Lipinski definition) is 3. The lowest BCUT2D eigenvalue weighted by atomic mass is 10.2. The second kappa shape index (κ2) is 7.23. The number of hydrogen-bond donors (Lipinski definition) is 2. The minimum atomic E-state index is -0.653. The standard InChI is InChI=1S/C10H12N2O2.C2H4/c1-7(6-11)9(10(12)13)14-8-4-2-3-5-8;1-2/h2-6,8,11H,1H3,(H2,12,13);1-2H2/b9-7+,11-6?;. The molecule has 0 unspecified atom stereocenters. The zero-order valence-corrected chi connectivity index (χ0v) is 9.27. The Hall–Kier alpha value is -2.10. The van der Waals surface area contributed by atoms with Crippen molar-refractivity contribution in [3.8, 4) is 0 Å². The molecular weight excluding hydrogens is 204 g/mol. The smallest absolute Gasteiger partial charge is 0.284 e. The largest absolute Gasteiger partial charge is 0.476 e. The average molecular weight is 220 g/mol. The van der Waals surface area contributed by atoms with Crippen LogP contribution in [0.1, 0.15) is 6.92 Å². The molecule has 4 nitrogen and oxygen atoms in total. The molecule has 3 N–H and O–H groups in total. The third-order valence-electron chi connectivity index (χ3n) is 1.77. The molecule has 0 saturated heterocycles. The van der Waals surface area contributed by atoms with Gasteiger partial charge in [0.25, 0.3) is 5.91 Å². The van der Waals surface area contributed by atoms with Gasteiger partial charge in [-0.05, 0) is 19.1 Å². The quantitative estimate of drug-likeness (QED) is 0.327. The monoisotopic (exact) mass is 220 g/mol. The van der Waals surface area contributed by atoms with Gasteiger partial charge in [-0.15, -0.1) is 13.2 Å². The zero-order valence-electron chi connectivity index (χ0n) is 9.27. The molecule has 1 amide bonds. The SMILES string of the molecule is C/C(C=N)=C(\OC1C=CC=C1)C(N)=O.C=C. The Morgan fingerprint density at radius 1 is 1.44 bits per heavy atom. The first kappa shape index (κ1) is 13.9. The van der Waals surface area contributed by atoms with Crippen molar-refractivity contribution in [2.75, 3.05) is 0 Å². The molecule has 0 aliphatic heterocycles. The summed E-state index contributed by atoms with van der Waals surface area (Å²) in [6.45, 7) is 7.61. The van der Waals surface area contributed by atoms with Crippen molar-refractivity contribution in [1.29, 1.82) is 5.41 Å². The van der Waals surface area contributed by atoms with Gasteiger partial charge in [0.2, 0.25) is 0 Å². The molecule has 0 aromatic heterocycles. The minimum Gasteiger partial charge on any atom is -0.476 e. The predicted molar refractivity (Wildman–Crippen MR) is 65.1 cm³/mol. The molecule has 1 aliphatic carbocycles. The van der Waals surface area contributed by atoms with Gasteiger partial charge < -0.3 is 15.9 Å². The first-order valence-electron chi connectivity index (χ1n) is 4.68. The maximum absolute atomic E-state index is 11.0.